The highest BCUT2D eigenvalue weighted by molar-refractivity contribution is 5.98. The molecule has 0 amide bonds. The molecule has 2 heterocycles. The van der Waals surface area contributed by atoms with E-state index < -0.39 is 11.6 Å². The highest BCUT2D eigenvalue weighted by Gasteiger charge is 2.40. The number of hydrogen-bond acceptors (Lipinski definition) is 2. The van der Waals surface area contributed by atoms with Gasteiger partial charge in [-0.3, -0.25) is 0 Å². The van der Waals surface area contributed by atoms with Gasteiger partial charge >= 0.3 is 0 Å². The average molecular weight is 463 g/mol. The number of aromatic nitrogens is 1. The van der Waals surface area contributed by atoms with Crippen molar-refractivity contribution >= 4 is 16.6 Å². The summed E-state index contributed by atoms with van der Waals surface area (Å²) in [6, 6.07) is 15.1. The van der Waals surface area contributed by atoms with Crippen molar-refractivity contribution < 1.29 is 5.11 Å². The monoisotopic (exact) mass is 462 g/mol. The van der Waals surface area contributed by atoms with Crippen LogP contribution in [0.1, 0.15) is 65.6 Å². The molecule has 35 heavy (non-hydrogen) atoms. The molecule has 5 rings (SSSR count). The summed E-state index contributed by atoms with van der Waals surface area (Å²) in [5, 5.41) is 16.1. The molecule has 1 aliphatic heterocycles. The van der Waals surface area contributed by atoms with Gasteiger partial charge in [0.05, 0.1) is 17.2 Å². The normalized spacial score (nSPS) is 18.5. The first-order chi connectivity index (χ1) is 16.6. The third-order valence-corrected chi connectivity index (χ3v) is 7.60. The summed E-state index contributed by atoms with van der Waals surface area (Å²) in [4.78, 5) is 3.49. The lowest BCUT2D eigenvalue weighted by Crippen LogP contribution is -2.50. The van der Waals surface area contributed by atoms with Crippen LogP contribution in [0.25, 0.3) is 22.0 Å². The molecule has 178 valence electrons. The molecule has 0 saturated carbocycles. The number of aliphatic hydroxyl groups is 1. The lowest BCUT2D eigenvalue weighted by molar-refractivity contribution is 0.0868. The van der Waals surface area contributed by atoms with Crippen LogP contribution in [-0.4, -0.2) is 21.7 Å². The van der Waals surface area contributed by atoms with Gasteiger partial charge in [-0.05, 0) is 75.9 Å². The van der Waals surface area contributed by atoms with Crippen LogP contribution >= 0.6 is 0 Å². The number of benzene rings is 3. The van der Waals surface area contributed by atoms with E-state index in [4.69, 9.17) is 0 Å². The van der Waals surface area contributed by atoms with Crippen LogP contribution < -0.4 is 5.32 Å². The van der Waals surface area contributed by atoms with E-state index in [2.05, 4.69) is 119 Å². The van der Waals surface area contributed by atoms with Gasteiger partial charge in [-0.25, -0.2) is 0 Å². The zero-order valence-corrected chi connectivity index (χ0v) is 21.7. The van der Waals surface area contributed by atoms with Crippen LogP contribution in [0.2, 0.25) is 0 Å². The van der Waals surface area contributed by atoms with Crippen LogP contribution in [0.3, 0.4) is 0 Å². The van der Waals surface area contributed by atoms with Crippen molar-refractivity contribution in [1.29, 1.82) is 0 Å². The minimum Gasteiger partial charge on any atom is -0.390 e. The Hall–Kier alpha value is -3.48. The van der Waals surface area contributed by atoms with Gasteiger partial charge in [0.25, 0.3) is 0 Å². The molecular weight excluding hydrogens is 428 g/mol. The van der Waals surface area contributed by atoms with E-state index in [9.17, 15) is 5.11 Å². The molecule has 3 heteroatoms. The Morgan fingerprint density at radius 1 is 0.886 bits per heavy atom. The van der Waals surface area contributed by atoms with Gasteiger partial charge in [-0.2, -0.15) is 0 Å². The Bertz CT molecular complexity index is 1530. The van der Waals surface area contributed by atoms with Gasteiger partial charge in [-0.15, -0.1) is 0 Å². The summed E-state index contributed by atoms with van der Waals surface area (Å²) in [5.41, 5.74) is 12.0. The van der Waals surface area contributed by atoms with Gasteiger partial charge in [0.15, 0.2) is 0 Å². The van der Waals surface area contributed by atoms with E-state index in [0.717, 1.165) is 39.0 Å². The van der Waals surface area contributed by atoms with Crippen LogP contribution in [-0.2, 0) is 0 Å². The maximum atomic E-state index is 11.2. The quantitative estimate of drug-likeness (QED) is 0.263. The second kappa shape index (κ2) is 8.33. The summed E-state index contributed by atoms with van der Waals surface area (Å²) >= 11 is 0. The number of hydrogen-bond donors (Lipinski definition) is 3. The first-order valence-corrected chi connectivity index (χ1v) is 12.4. The van der Waals surface area contributed by atoms with E-state index in [0.29, 0.717) is 0 Å². The Kier molecular flexibility index (Phi) is 5.54. The molecule has 1 aliphatic rings. The van der Waals surface area contributed by atoms with Gasteiger partial charge in [-0.1, -0.05) is 54.7 Å². The number of aromatic amines is 1. The fraction of sp³-hybridized carbons (Fsp3) is 0.312. The molecule has 2 atom stereocenters. The molecule has 0 spiro atoms. The largest absolute Gasteiger partial charge is 0.390 e. The van der Waals surface area contributed by atoms with E-state index >= 15 is 0 Å². The lowest BCUT2D eigenvalue weighted by atomic mass is 9.75. The van der Waals surface area contributed by atoms with Crippen molar-refractivity contribution in [3.63, 3.8) is 0 Å². The van der Waals surface area contributed by atoms with Crippen molar-refractivity contribution in [2.75, 3.05) is 5.32 Å². The number of aryl methyl sites for hydroxylation is 4. The summed E-state index contributed by atoms with van der Waals surface area (Å²) in [6.45, 7) is 14.7. The summed E-state index contributed by atoms with van der Waals surface area (Å²) in [6.07, 6.45) is 1.53. The Labute approximate surface area is 208 Å². The van der Waals surface area contributed by atoms with E-state index in [1.165, 1.54) is 27.6 Å². The fourth-order valence-electron chi connectivity index (χ4n) is 5.59. The maximum Gasteiger partial charge on any atom is 0.0831 e. The van der Waals surface area contributed by atoms with Gasteiger partial charge in [0.2, 0.25) is 0 Å². The Balaban J connectivity index is 1.83. The molecule has 3 aromatic carbocycles. The number of nitrogens with one attached hydrogen (secondary N) is 2. The molecule has 0 radical (unpaired) electrons. The minimum atomic E-state index is -0.533. The number of H-pyrrole nitrogens is 1. The number of anilines is 1. The Morgan fingerprint density at radius 3 is 2.40 bits per heavy atom. The Morgan fingerprint density at radius 2 is 1.66 bits per heavy atom. The van der Waals surface area contributed by atoms with Crippen LogP contribution in [0.4, 0.5) is 5.69 Å². The average Bonchev–Trinajstić information content (AvgIpc) is 3.19. The standard InChI is InChI=1S/C32H34N2O/c1-18-11-12-23(19(2)15-18)13-14-25-27(26-10-8-9-24-21(4)17-33-30(24)26)16-20(3)29-28(25)22(5)31(35)32(6,7)34-29/h8-12,15-17,22,31,33-35H,1-7H3. The predicted octanol–water partition coefficient (Wildman–Crippen LogP) is 7.14. The number of aliphatic hydroxyl groups excluding tert-OH is 1. The zero-order chi connectivity index (χ0) is 25.1. The van der Waals surface area contributed by atoms with Crippen molar-refractivity contribution in [2.24, 2.45) is 0 Å². The number of fused-ring (bicyclic) bond motifs is 2. The molecule has 0 fully saturated rings. The van der Waals surface area contributed by atoms with Crippen molar-refractivity contribution in [3.05, 3.63) is 87.6 Å². The molecule has 0 saturated heterocycles. The van der Waals surface area contributed by atoms with Crippen molar-refractivity contribution in [1.82, 2.24) is 4.98 Å². The topological polar surface area (TPSA) is 48.0 Å². The molecule has 4 aromatic rings. The van der Waals surface area contributed by atoms with Gasteiger partial charge in [0, 0.05) is 45.4 Å². The highest BCUT2D eigenvalue weighted by atomic mass is 16.3. The zero-order valence-electron chi connectivity index (χ0n) is 21.7. The lowest BCUT2D eigenvalue weighted by Gasteiger charge is -2.43. The highest BCUT2D eigenvalue weighted by Crippen LogP contribution is 2.46. The number of para-hydroxylation sites is 1. The number of rotatable bonds is 1. The molecule has 0 aliphatic carbocycles. The summed E-state index contributed by atoms with van der Waals surface area (Å²) in [7, 11) is 0. The third-order valence-electron chi connectivity index (χ3n) is 7.60. The van der Waals surface area contributed by atoms with Crippen LogP contribution in [0.15, 0.2) is 48.7 Å². The molecule has 1 aromatic heterocycles. The minimum absolute atomic E-state index is 0.0621. The molecule has 0 bridgehead atoms. The van der Waals surface area contributed by atoms with Crippen LogP contribution in [0, 0.1) is 39.5 Å². The molecular formula is C32H34N2O. The SMILES string of the molecule is Cc1ccc(C#Cc2c(-c3cccc4c(C)c[nH]c34)cc(C)c3c2C(C)C(O)C(C)(C)N3)c(C)c1. The van der Waals surface area contributed by atoms with E-state index in [1.807, 2.05) is 0 Å². The van der Waals surface area contributed by atoms with Crippen molar-refractivity contribution in [2.45, 2.75) is 66.0 Å². The first-order valence-electron chi connectivity index (χ1n) is 12.4. The second-order valence-electron chi connectivity index (χ2n) is 10.8. The summed E-state index contributed by atoms with van der Waals surface area (Å²) < 4.78 is 0. The maximum absolute atomic E-state index is 11.2. The molecule has 3 N–H and O–H groups in total. The second-order valence-corrected chi connectivity index (χ2v) is 10.8. The molecule has 2 unspecified atom stereocenters. The van der Waals surface area contributed by atoms with E-state index in [-0.39, 0.29) is 5.92 Å². The fourth-order valence-corrected chi connectivity index (χ4v) is 5.59. The third kappa shape index (κ3) is 3.83. The van der Waals surface area contributed by atoms with Crippen molar-refractivity contribution in [3.8, 4) is 23.0 Å². The van der Waals surface area contributed by atoms with Crippen LogP contribution in [0.5, 0.6) is 0 Å². The first kappa shape index (κ1) is 23.3. The summed E-state index contributed by atoms with van der Waals surface area (Å²) in [5.74, 6) is 6.99. The molecule has 3 nitrogen and oxygen atoms in total. The van der Waals surface area contributed by atoms with E-state index in [1.54, 1.807) is 0 Å². The van der Waals surface area contributed by atoms with Gasteiger partial charge < -0.3 is 15.4 Å². The van der Waals surface area contributed by atoms with Gasteiger partial charge in [0.1, 0.15) is 0 Å². The smallest absolute Gasteiger partial charge is 0.0831 e. The predicted molar refractivity (Wildman–Crippen MR) is 147 cm³/mol.